The third-order valence-corrected chi connectivity index (χ3v) is 6.12. The summed E-state index contributed by atoms with van der Waals surface area (Å²) >= 11 is 1.75. The van der Waals surface area contributed by atoms with Gasteiger partial charge in [-0.05, 0) is 37.3 Å². The lowest BCUT2D eigenvalue weighted by Gasteiger charge is -2.36. The second-order valence-electron chi connectivity index (χ2n) is 7.25. The molecule has 1 aromatic heterocycles. The summed E-state index contributed by atoms with van der Waals surface area (Å²) < 4.78 is 5.92. The van der Waals surface area contributed by atoms with Gasteiger partial charge in [0.05, 0.1) is 17.3 Å². The van der Waals surface area contributed by atoms with Crippen LogP contribution in [0.2, 0.25) is 0 Å². The number of aryl methyl sites for hydroxylation is 1. The van der Waals surface area contributed by atoms with Crippen LogP contribution in [-0.2, 0) is 13.0 Å². The molecule has 1 atom stereocenters. The Bertz CT molecular complexity index is 694. The third kappa shape index (κ3) is 4.40. The Kier molecular flexibility index (Phi) is 5.34. The van der Waals surface area contributed by atoms with Crippen molar-refractivity contribution in [3.8, 4) is 5.75 Å². The quantitative estimate of drug-likeness (QED) is 0.840. The van der Waals surface area contributed by atoms with E-state index in [1.54, 1.807) is 11.3 Å². The summed E-state index contributed by atoms with van der Waals surface area (Å²) in [4.78, 5) is 9.78. The zero-order valence-corrected chi connectivity index (χ0v) is 15.8. The molecule has 4 nitrogen and oxygen atoms in total. The zero-order valence-electron chi connectivity index (χ0n) is 15.0. The van der Waals surface area contributed by atoms with E-state index in [0.29, 0.717) is 5.92 Å². The van der Waals surface area contributed by atoms with Gasteiger partial charge in [0.15, 0.2) is 0 Å². The molecule has 0 bridgehead atoms. The fourth-order valence-corrected chi connectivity index (χ4v) is 4.53. The second-order valence-corrected chi connectivity index (χ2v) is 8.31. The van der Waals surface area contributed by atoms with Gasteiger partial charge in [-0.15, -0.1) is 11.3 Å². The molecule has 1 saturated heterocycles. The predicted octanol–water partition coefficient (Wildman–Crippen LogP) is 3.21. The molecule has 25 heavy (non-hydrogen) atoms. The van der Waals surface area contributed by atoms with Gasteiger partial charge in [0.25, 0.3) is 0 Å². The maximum Gasteiger partial charge on any atom is 0.122 e. The van der Waals surface area contributed by atoms with Crippen molar-refractivity contribution >= 4 is 11.3 Å². The Morgan fingerprint density at radius 3 is 2.76 bits per heavy atom. The van der Waals surface area contributed by atoms with Crippen molar-refractivity contribution in [2.75, 3.05) is 39.3 Å². The smallest absolute Gasteiger partial charge is 0.122 e. The zero-order chi connectivity index (χ0) is 17.1. The van der Waals surface area contributed by atoms with Crippen LogP contribution >= 0.6 is 11.3 Å². The molecule has 0 saturated carbocycles. The van der Waals surface area contributed by atoms with Gasteiger partial charge in [0.1, 0.15) is 5.75 Å². The Morgan fingerprint density at radius 2 is 1.96 bits per heavy atom. The van der Waals surface area contributed by atoms with Crippen LogP contribution in [0.25, 0.3) is 0 Å². The van der Waals surface area contributed by atoms with Crippen LogP contribution in [0.4, 0.5) is 0 Å². The minimum absolute atomic E-state index is 0.705. The molecule has 134 valence electrons. The molecule has 1 fully saturated rings. The maximum absolute atomic E-state index is 5.92. The van der Waals surface area contributed by atoms with Crippen molar-refractivity contribution in [2.24, 2.45) is 5.92 Å². The number of benzene rings is 1. The van der Waals surface area contributed by atoms with Crippen LogP contribution in [0.3, 0.4) is 0 Å². The van der Waals surface area contributed by atoms with Crippen molar-refractivity contribution in [1.82, 2.24) is 14.8 Å². The topological polar surface area (TPSA) is 28.6 Å². The third-order valence-electron chi connectivity index (χ3n) is 5.30. The van der Waals surface area contributed by atoms with Gasteiger partial charge in [0.2, 0.25) is 0 Å². The largest absolute Gasteiger partial charge is 0.493 e. The molecule has 3 heterocycles. The van der Waals surface area contributed by atoms with E-state index < -0.39 is 0 Å². The lowest BCUT2D eigenvalue weighted by Crippen LogP contribution is -2.47. The van der Waals surface area contributed by atoms with Crippen LogP contribution in [0, 0.1) is 12.8 Å². The Morgan fingerprint density at radius 1 is 1.16 bits per heavy atom. The fourth-order valence-electron chi connectivity index (χ4n) is 3.92. The molecule has 2 aliphatic heterocycles. The molecule has 2 aromatic rings. The number of rotatable bonds is 4. The van der Waals surface area contributed by atoms with Crippen LogP contribution in [0.5, 0.6) is 5.75 Å². The summed E-state index contributed by atoms with van der Waals surface area (Å²) in [5.74, 6) is 1.80. The average molecular weight is 358 g/mol. The van der Waals surface area contributed by atoms with E-state index in [1.807, 2.05) is 0 Å². The normalized spacial score (nSPS) is 22.2. The van der Waals surface area contributed by atoms with E-state index in [-0.39, 0.29) is 0 Å². The molecule has 1 aromatic carbocycles. The lowest BCUT2D eigenvalue weighted by atomic mass is 9.96. The Balaban J connectivity index is 1.27. The SMILES string of the molecule is Cc1nc(CN2CCN(C[C@@H]3CCOc4ccccc4C3)CC2)cs1. The minimum Gasteiger partial charge on any atom is -0.493 e. The molecule has 0 amide bonds. The minimum atomic E-state index is 0.705. The van der Waals surface area contributed by atoms with Gasteiger partial charge >= 0.3 is 0 Å². The summed E-state index contributed by atoms with van der Waals surface area (Å²) in [5, 5.41) is 3.37. The van der Waals surface area contributed by atoms with Crippen LogP contribution in [-0.4, -0.2) is 54.1 Å². The van der Waals surface area contributed by atoms with Gasteiger partial charge in [0, 0.05) is 44.6 Å². The summed E-state index contributed by atoms with van der Waals surface area (Å²) in [5.41, 5.74) is 2.61. The predicted molar refractivity (Wildman–Crippen MR) is 102 cm³/mol. The highest BCUT2D eigenvalue weighted by atomic mass is 32.1. The fraction of sp³-hybridized carbons (Fsp3) is 0.550. The highest BCUT2D eigenvalue weighted by molar-refractivity contribution is 7.09. The van der Waals surface area contributed by atoms with Gasteiger partial charge in [-0.2, -0.15) is 0 Å². The van der Waals surface area contributed by atoms with Gasteiger partial charge in [-0.25, -0.2) is 4.98 Å². The molecule has 0 spiro atoms. The number of nitrogens with zero attached hydrogens (tertiary/aromatic N) is 3. The van der Waals surface area contributed by atoms with Crippen molar-refractivity contribution in [1.29, 1.82) is 0 Å². The number of hydrogen-bond acceptors (Lipinski definition) is 5. The summed E-state index contributed by atoms with van der Waals surface area (Å²) in [6.07, 6.45) is 2.31. The van der Waals surface area contributed by atoms with Crippen molar-refractivity contribution in [2.45, 2.75) is 26.3 Å². The number of para-hydroxylation sites is 1. The number of aromatic nitrogens is 1. The average Bonchev–Trinajstić information content (AvgIpc) is 2.91. The van der Waals surface area contributed by atoms with Gasteiger partial charge in [-0.3, -0.25) is 4.90 Å². The highest BCUT2D eigenvalue weighted by Crippen LogP contribution is 2.27. The number of piperazine rings is 1. The first-order valence-corrected chi connectivity index (χ1v) is 10.2. The number of fused-ring (bicyclic) bond motifs is 1. The Hall–Kier alpha value is -1.43. The summed E-state index contributed by atoms with van der Waals surface area (Å²) in [6, 6.07) is 8.53. The molecule has 0 radical (unpaired) electrons. The molecule has 2 aliphatic rings. The standard InChI is InChI=1S/C20H27N3OS/c1-16-21-19(15-25-16)14-23-9-7-22(8-10-23)13-17-6-11-24-20-5-3-2-4-18(20)12-17/h2-5,15,17H,6-14H2,1H3/t17-/m1/s1. The van der Waals surface area contributed by atoms with Crippen molar-refractivity contribution in [3.05, 3.63) is 45.9 Å². The van der Waals surface area contributed by atoms with E-state index in [1.165, 1.54) is 35.9 Å². The highest BCUT2D eigenvalue weighted by Gasteiger charge is 2.23. The molecule has 0 aliphatic carbocycles. The van der Waals surface area contributed by atoms with Crippen LogP contribution in [0.15, 0.2) is 29.6 Å². The monoisotopic (exact) mass is 357 g/mol. The van der Waals surface area contributed by atoms with Crippen molar-refractivity contribution in [3.63, 3.8) is 0 Å². The summed E-state index contributed by atoms with van der Waals surface area (Å²) in [6.45, 7) is 9.77. The molecule has 0 N–H and O–H groups in total. The second kappa shape index (κ2) is 7.85. The Labute approximate surface area is 154 Å². The van der Waals surface area contributed by atoms with E-state index in [2.05, 4.69) is 51.4 Å². The molecular weight excluding hydrogens is 330 g/mol. The summed E-state index contributed by atoms with van der Waals surface area (Å²) in [7, 11) is 0. The van der Waals surface area contributed by atoms with E-state index >= 15 is 0 Å². The van der Waals surface area contributed by atoms with E-state index in [9.17, 15) is 0 Å². The number of ether oxygens (including phenoxy) is 1. The lowest BCUT2D eigenvalue weighted by molar-refractivity contribution is 0.109. The first-order valence-electron chi connectivity index (χ1n) is 9.33. The molecular formula is C20H27N3OS. The molecule has 0 unspecified atom stereocenters. The first-order chi connectivity index (χ1) is 12.3. The van der Waals surface area contributed by atoms with E-state index in [4.69, 9.17) is 4.74 Å². The van der Waals surface area contributed by atoms with Crippen molar-refractivity contribution < 1.29 is 4.74 Å². The molecule has 5 heteroatoms. The molecule has 4 rings (SSSR count). The van der Waals surface area contributed by atoms with Gasteiger partial charge < -0.3 is 9.64 Å². The number of hydrogen-bond donors (Lipinski definition) is 0. The van der Waals surface area contributed by atoms with Crippen LogP contribution < -0.4 is 4.74 Å². The maximum atomic E-state index is 5.92. The first kappa shape index (κ1) is 17.0. The number of thiazole rings is 1. The van der Waals surface area contributed by atoms with Crippen LogP contribution in [0.1, 0.15) is 22.7 Å². The van der Waals surface area contributed by atoms with Gasteiger partial charge in [-0.1, -0.05) is 18.2 Å². The van der Waals surface area contributed by atoms with E-state index in [0.717, 1.165) is 44.8 Å².